The predicted molar refractivity (Wildman–Crippen MR) is 109 cm³/mol. The van der Waals surface area contributed by atoms with Crippen molar-refractivity contribution < 1.29 is 23.2 Å². The maximum Gasteiger partial charge on any atom is 0.291 e. The molecule has 0 bridgehead atoms. The van der Waals surface area contributed by atoms with Gasteiger partial charge >= 0.3 is 0 Å². The fourth-order valence-electron chi connectivity index (χ4n) is 3.31. The number of para-hydroxylation sites is 1. The SMILES string of the molecule is O=C(Nc1cccc(NC(=O)C2CC(=O)N(c3ccccc3F)C2)c1)c1ccco1. The monoisotopic (exact) mass is 407 g/mol. The number of halogens is 1. The number of furan rings is 1. The van der Waals surface area contributed by atoms with E-state index in [1.165, 1.54) is 23.3 Å². The summed E-state index contributed by atoms with van der Waals surface area (Å²) in [7, 11) is 0. The number of hydrogen-bond donors (Lipinski definition) is 2. The number of nitrogens with one attached hydrogen (secondary N) is 2. The van der Waals surface area contributed by atoms with Crippen molar-refractivity contribution in [1.82, 2.24) is 0 Å². The summed E-state index contributed by atoms with van der Waals surface area (Å²) in [5.74, 6) is -2.02. The molecule has 2 heterocycles. The first-order chi connectivity index (χ1) is 14.5. The van der Waals surface area contributed by atoms with E-state index in [0.717, 1.165) is 0 Å². The zero-order chi connectivity index (χ0) is 21.1. The van der Waals surface area contributed by atoms with E-state index in [9.17, 15) is 18.8 Å². The molecule has 1 atom stereocenters. The van der Waals surface area contributed by atoms with E-state index in [4.69, 9.17) is 4.42 Å². The number of benzene rings is 2. The van der Waals surface area contributed by atoms with E-state index in [0.29, 0.717) is 11.4 Å². The van der Waals surface area contributed by atoms with Crippen molar-refractivity contribution in [2.45, 2.75) is 6.42 Å². The van der Waals surface area contributed by atoms with Gasteiger partial charge in [0.2, 0.25) is 11.8 Å². The van der Waals surface area contributed by atoms with Crippen LogP contribution in [-0.4, -0.2) is 24.3 Å². The van der Waals surface area contributed by atoms with Gasteiger partial charge in [0.1, 0.15) is 5.82 Å². The van der Waals surface area contributed by atoms with Crippen LogP contribution in [0.25, 0.3) is 0 Å². The molecule has 30 heavy (non-hydrogen) atoms. The van der Waals surface area contributed by atoms with Gasteiger partial charge in [-0.1, -0.05) is 18.2 Å². The van der Waals surface area contributed by atoms with Gasteiger partial charge < -0.3 is 20.0 Å². The number of nitrogens with zero attached hydrogens (tertiary/aromatic N) is 1. The minimum absolute atomic E-state index is 0.00487. The Morgan fingerprint density at radius 2 is 1.77 bits per heavy atom. The van der Waals surface area contributed by atoms with E-state index in [1.54, 1.807) is 48.5 Å². The fraction of sp³-hybridized carbons (Fsp3) is 0.136. The van der Waals surface area contributed by atoms with Gasteiger partial charge in [-0.3, -0.25) is 14.4 Å². The molecule has 0 spiro atoms. The molecule has 3 amide bonds. The molecule has 2 N–H and O–H groups in total. The Morgan fingerprint density at radius 3 is 2.50 bits per heavy atom. The van der Waals surface area contributed by atoms with Crippen LogP contribution in [-0.2, 0) is 9.59 Å². The summed E-state index contributed by atoms with van der Waals surface area (Å²) in [5.41, 5.74) is 1.11. The third-order valence-electron chi connectivity index (χ3n) is 4.77. The molecule has 1 aromatic heterocycles. The molecule has 1 fully saturated rings. The van der Waals surface area contributed by atoms with Crippen LogP contribution in [0.4, 0.5) is 21.5 Å². The first kappa shape index (κ1) is 19.4. The Labute approximate surface area is 171 Å². The van der Waals surface area contributed by atoms with E-state index in [-0.39, 0.29) is 36.2 Å². The number of anilines is 3. The lowest BCUT2D eigenvalue weighted by Crippen LogP contribution is -2.28. The van der Waals surface area contributed by atoms with Gasteiger partial charge in [0, 0.05) is 24.3 Å². The number of hydrogen-bond acceptors (Lipinski definition) is 4. The second-order valence-corrected chi connectivity index (χ2v) is 6.86. The van der Waals surface area contributed by atoms with Gasteiger partial charge in [0.25, 0.3) is 5.91 Å². The van der Waals surface area contributed by atoms with Gasteiger partial charge in [-0.05, 0) is 42.5 Å². The molecular formula is C22H18FN3O4. The van der Waals surface area contributed by atoms with Gasteiger partial charge in [0.15, 0.2) is 5.76 Å². The fourth-order valence-corrected chi connectivity index (χ4v) is 3.31. The summed E-state index contributed by atoms with van der Waals surface area (Å²) in [6.07, 6.45) is 1.40. The highest BCUT2D eigenvalue weighted by Gasteiger charge is 2.36. The smallest absolute Gasteiger partial charge is 0.291 e. The quantitative estimate of drug-likeness (QED) is 0.675. The van der Waals surface area contributed by atoms with E-state index in [2.05, 4.69) is 10.6 Å². The Balaban J connectivity index is 1.41. The second kappa shape index (κ2) is 8.20. The Bertz CT molecular complexity index is 1100. The zero-order valence-electron chi connectivity index (χ0n) is 15.8. The van der Waals surface area contributed by atoms with Gasteiger partial charge in [-0.2, -0.15) is 0 Å². The molecule has 1 aliphatic rings. The summed E-state index contributed by atoms with van der Waals surface area (Å²) < 4.78 is 19.1. The van der Waals surface area contributed by atoms with Crippen LogP contribution in [0.15, 0.2) is 71.3 Å². The summed E-state index contributed by atoms with van der Waals surface area (Å²) in [6.45, 7) is 0.0977. The zero-order valence-corrected chi connectivity index (χ0v) is 15.8. The Hall–Kier alpha value is -3.94. The van der Waals surface area contributed by atoms with Gasteiger partial charge in [-0.25, -0.2) is 4.39 Å². The maximum absolute atomic E-state index is 14.0. The number of rotatable bonds is 5. The predicted octanol–water partition coefficient (Wildman–Crippen LogP) is 3.66. The molecule has 152 valence electrons. The van der Waals surface area contributed by atoms with Gasteiger partial charge in [0.05, 0.1) is 17.9 Å². The highest BCUT2D eigenvalue weighted by atomic mass is 19.1. The van der Waals surface area contributed by atoms with Crippen LogP contribution < -0.4 is 15.5 Å². The number of carbonyl (C=O) groups is 3. The maximum atomic E-state index is 14.0. The summed E-state index contributed by atoms with van der Waals surface area (Å²) >= 11 is 0. The van der Waals surface area contributed by atoms with Crippen LogP contribution in [0.5, 0.6) is 0 Å². The summed E-state index contributed by atoms with van der Waals surface area (Å²) in [6, 6.07) is 15.8. The lowest BCUT2D eigenvalue weighted by molar-refractivity contribution is -0.122. The topological polar surface area (TPSA) is 91.7 Å². The largest absolute Gasteiger partial charge is 0.459 e. The average Bonchev–Trinajstić information content (AvgIpc) is 3.39. The molecule has 1 unspecified atom stereocenters. The minimum atomic E-state index is -0.613. The van der Waals surface area contributed by atoms with Crippen molar-refractivity contribution in [1.29, 1.82) is 0 Å². The lowest BCUT2D eigenvalue weighted by atomic mass is 10.1. The first-order valence-electron chi connectivity index (χ1n) is 9.32. The highest BCUT2D eigenvalue weighted by molar-refractivity contribution is 6.04. The molecular weight excluding hydrogens is 389 g/mol. The number of amides is 3. The second-order valence-electron chi connectivity index (χ2n) is 6.86. The average molecular weight is 407 g/mol. The summed E-state index contributed by atoms with van der Waals surface area (Å²) in [4.78, 5) is 38.3. The van der Waals surface area contributed by atoms with E-state index in [1.807, 2.05) is 0 Å². The van der Waals surface area contributed by atoms with Crippen LogP contribution in [0.2, 0.25) is 0 Å². The third kappa shape index (κ3) is 4.07. The van der Waals surface area contributed by atoms with E-state index < -0.39 is 17.6 Å². The molecule has 7 nitrogen and oxygen atoms in total. The molecule has 1 aliphatic heterocycles. The molecule has 4 rings (SSSR count). The van der Waals surface area contributed by atoms with Gasteiger partial charge in [-0.15, -0.1) is 0 Å². The van der Waals surface area contributed by atoms with Crippen molar-refractivity contribution in [2.24, 2.45) is 5.92 Å². The van der Waals surface area contributed by atoms with E-state index >= 15 is 0 Å². The van der Waals surface area contributed by atoms with Crippen molar-refractivity contribution in [3.8, 4) is 0 Å². The molecule has 0 aliphatic carbocycles. The Kier molecular flexibility index (Phi) is 5.30. The molecule has 2 aromatic carbocycles. The van der Waals surface area contributed by atoms with Crippen molar-refractivity contribution in [3.63, 3.8) is 0 Å². The first-order valence-corrected chi connectivity index (χ1v) is 9.32. The van der Waals surface area contributed by atoms with Crippen molar-refractivity contribution in [3.05, 3.63) is 78.5 Å². The standard InChI is InChI=1S/C22H18FN3O4/c23-17-7-1-2-8-18(17)26-13-14(11-20(26)27)21(28)24-15-5-3-6-16(12-15)25-22(29)19-9-4-10-30-19/h1-10,12,14H,11,13H2,(H,24,28)(H,25,29). The van der Waals surface area contributed by atoms with Crippen LogP contribution in [0.3, 0.4) is 0 Å². The lowest BCUT2D eigenvalue weighted by Gasteiger charge is -2.17. The van der Waals surface area contributed by atoms with Crippen molar-refractivity contribution in [2.75, 3.05) is 22.1 Å². The summed E-state index contributed by atoms with van der Waals surface area (Å²) in [5, 5.41) is 5.43. The van der Waals surface area contributed by atoms with Crippen LogP contribution in [0, 0.1) is 11.7 Å². The molecule has 0 radical (unpaired) electrons. The van der Waals surface area contributed by atoms with Crippen LogP contribution in [0.1, 0.15) is 17.0 Å². The molecule has 0 saturated carbocycles. The third-order valence-corrected chi connectivity index (χ3v) is 4.77. The molecule has 1 saturated heterocycles. The Morgan fingerprint density at radius 1 is 1.00 bits per heavy atom. The normalized spacial score (nSPS) is 15.8. The van der Waals surface area contributed by atoms with Crippen molar-refractivity contribution >= 4 is 34.8 Å². The minimum Gasteiger partial charge on any atom is -0.459 e. The number of carbonyl (C=O) groups excluding carboxylic acids is 3. The highest BCUT2D eigenvalue weighted by Crippen LogP contribution is 2.28. The molecule has 8 heteroatoms. The van der Waals surface area contributed by atoms with Crippen LogP contribution >= 0.6 is 0 Å². The molecule has 3 aromatic rings.